The Morgan fingerprint density at radius 1 is 1.47 bits per heavy atom. The van der Waals surface area contributed by atoms with Crippen LogP contribution in [0.4, 0.5) is 5.69 Å². The van der Waals surface area contributed by atoms with Crippen LogP contribution in [0.15, 0.2) is 24.5 Å². The van der Waals surface area contributed by atoms with Crippen molar-refractivity contribution in [2.24, 2.45) is 17.3 Å². The first-order chi connectivity index (χ1) is 8.20. The molecule has 2 nitrogen and oxygen atoms in total. The van der Waals surface area contributed by atoms with E-state index in [1.54, 1.807) is 0 Å². The molecule has 0 bridgehead atoms. The van der Waals surface area contributed by atoms with E-state index in [1.807, 2.05) is 18.5 Å². The summed E-state index contributed by atoms with van der Waals surface area (Å²) in [6.45, 7) is 7.22. The number of aromatic nitrogens is 1. The van der Waals surface area contributed by atoms with Gasteiger partial charge in [0.15, 0.2) is 0 Å². The van der Waals surface area contributed by atoms with Gasteiger partial charge in [-0.25, -0.2) is 0 Å². The normalized spacial score (nSPS) is 25.8. The molecule has 0 radical (unpaired) electrons. The van der Waals surface area contributed by atoms with Crippen molar-refractivity contribution >= 4 is 5.69 Å². The summed E-state index contributed by atoms with van der Waals surface area (Å²) in [6.07, 6.45) is 8.16. The number of hydrogen-bond acceptors (Lipinski definition) is 2. The van der Waals surface area contributed by atoms with Crippen molar-refractivity contribution in [3.63, 3.8) is 0 Å². The third-order valence-corrected chi connectivity index (χ3v) is 4.64. The number of rotatable bonds is 3. The summed E-state index contributed by atoms with van der Waals surface area (Å²) in [4.78, 5) is 6.69. The largest absolute Gasteiger partial charge is 0.369 e. The van der Waals surface area contributed by atoms with Crippen LogP contribution in [0, 0.1) is 17.3 Å². The maximum Gasteiger partial charge on any atom is 0.0553 e. The number of anilines is 1. The molecule has 1 aromatic rings. The topological polar surface area (TPSA) is 16.1 Å². The standard InChI is InChI=1S/C15H22N2/c1-12(2)8-13-5-6-15(13)10-17(11-15)14-4-3-7-16-9-14/h3-4,7,9,12-13H,5-6,8,10-11H2,1-2H3. The lowest BCUT2D eigenvalue weighted by Gasteiger charge is -2.62. The molecule has 0 aromatic carbocycles. The van der Waals surface area contributed by atoms with Crippen LogP contribution in [0.5, 0.6) is 0 Å². The molecule has 1 saturated heterocycles. The molecule has 1 unspecified atom stereocenters. The van der Waals surface area contributed by atoms with Crippen LogP contribution in [0.2, 0.25) is 0 Å². The molecular formula is C15H22N2. The summed E-state index contributed by atoms with van der Waals surface area (Å²) in [7, 11) is 0. The van der Waals surface area contributed by atoms with Gasteiger partial charge in [-0.05, 0) is 43.2 Å². The number of nitrogens with zero attached hydrogens (tertiary/aromatic N) is 2. The Bertz CT molecular complexity index is 379. The first-order valence-electron chi connectivity index (χ1n) is 6.85. The van der Waals surface area contributed by atoms with Gasteiger partial charge in [-0.3, -0.25) is 4.98 Å². The minimum atomic E-state index is 0.667. The average molecular weight is 230 g/mol. The zero-order chi connectivity index (χ0) is 11.9. The van der Waals surface area contributed by atoms with Crippen molar-refractivity contribution in [2.75, 3.05) is 18.0 Å². The van der Waals surface area contributed by atoms with E-state index < -0.39 is 0 Å². The molecule has 92 valence electrons. The highest BCUT2D eigenvalue weighted by Crippen LogP contribution is 2.55. The second-order valence-corrected chi connectivity index (χ2v) is 6.29. The number of pyridine rings is 1. The summed E-state index contributed by atoms with van der Waals surface area (Å²) in [5.41, 5.74) is 1.97. The quantitative estimate of drug-likeness (QED) is 0.791. The van der Waals surface area contributed by atoms with Crippen LogP contribution in [-0.2, 0) is 0 Å². The van der Waals surface area contributed by atoms with Crippen LogP contribution in [0.1, 0.15) is 33.1 Å². The van der Waals surface area contributed by atoms with E-state index in [9.17, 15) is 0 Å². The third-order valence-electron chi connectivity index (χ3n) is 4.64. The minimum Gasteiger partial charge on any atom is -0.369 e. The Balaban J connectivity index is 1.61. The SMILES string of the molecule is CC(C)CC1CCC12CN(c1cccnc1)C2. The average Bonchev–Trinajstić information content (AvgIpc) is 2.24. The summed E-state index contributed by atoms with van der Waals surface area (Å²) < 4.78 is 0. The molecule has 1 aromatic heterocycles. The van der Waals surface area contributed by atoms with Crippen molar-refractivity contribution in [3.8, 4) is 0 Å². The van der Waals surface area contributed by atoms with Gasteiger partial charge in [0.2, 0.25) is 0 Å². The molecule has 1 saturated carbocycles. The van der Waals surface area contributed by atoms with E-state index in [0.717, 1.165) is 11.8 Å². The van der Waals surface area contributed by atoms with Gasteiger partial charge in [0.05, 0.1) is 11.9 Å². The van der Waals surface area contributed by atoms with Gasteiger partial charge in [0.1, 0.15) is 0 Å². The van der Waals surface area contributed by atoms with Crippen LogP contribution < -0.4 is 4.90 Å². The Morgan fingerprint density at radius 2 is 2.29 bits per heavy atom. The molecule has 2 aliphatic rings. The van der Waals surface area contributed by atoms with E-state index in [0.29, 0.717) is 5.41 Å². The van der Waals surface area contributed by atoms with Crippen LogP contribution >= 0.6 is 0 Å². The van der Waals surface area contributed by atoms with Crippen LogP contribution in [0.25, 0.3) is 0 Å². The van der Waals surface area contributed by atoms with Gasteiger partial charge < -0.3 is 4.90 Å². The van der Waals surface area contributed by atoms with Gasteiger partial charge in [0, 0.05) is 24.7 Å². The van der Waals surface area contributed by atoms with Crippen molar-refractivity contribution in [2.45, 2.75) is 33.1 Å². The van der Waals surface area contributed by atoms with Gasteiger partial charge >= 0.3 is 0 Å². The van der Waals surface area contributed by atoms with E-state index in [2.05, 4.69) is 29.8 Å². The highest BCUT2D eigenvalue weighted by atomic mass is 15.2. The second kappa shape index (κ2) is 4.01. The molecule has 1 spiro atoms. The summed E-state index contributed by atoms with van der Waals surface area (Å²) in [5, 5.41) is 0. The number of hydrogen-bond donors (Lipinski definition) is 0. The summed E-state index contributed by atoms with van der Waals surface area (Å²) in [5.74, 6) is 1.83. The molecule has 0 N–H and O–H groups in total. The zero-order valence-corrected chi connectivity index (χ0v) is 10.9. The molecular weight excluding hydrogens is 208 g/mol. The molecule has 2 heterocycles. The lowest BCUT2D eigenvalue weighted by atomic mass is 9.54. The smallest absolute Gasteiger partial charge is 0.0553 e. The molecule has 0 amide bonds. The third kappa shape index (κ3) is 1.84. The fourth-order valence-electron chi connectivity index (χ4n) is 3.55. The predicted octanol–water partition coefficient (Wildman–Crippen LogP) is 3.34. The molecule has 2 heteroatoms. The lowest BCUT2D eigenvalue weighted by molar-refractivity contribution is -0.0134. The van der Waals surface area contributed by atoms with Gasteiger partial charge in [-0.15, -0.1) is 0 Å². The Hall–Kier alpha value is -1.05. The zero-order valence-electron chi connectivity index (χ0n) is 10.9. The van der Waals surface area contributed by atoms with E-state index in [-0.39, 0.29) is 0 Å². The molecule has 1 aliphatic carbocycles. The van der Waals surface area contributed by atoms with Crippen molar-refractivity contribution in [3.05, 3.63) is 24.5 Å². The molecule has 17 heavy (non-hydrogen) atoms. The highest BCUT2D eigenvalue weighted by Gasteiger charge is 2.54. The minimum absolute atomic E-state index is 0.667. The van der Waals surface area contributed by atoms with Crippen molar-refractivity contribution in [1.29, 1.82) is 0 Å². The monoisotopic (exact) mass is 230 g/mol. The first kappa shape index (κ1) is 11.1. The summed E-state index contributed by atoms with van der Waals surface area (Å²) in [6, 6.07) is 4.21. The van der Waals surface area contributed by atoms with Crippen LogP contribution in [-0.4, -0.2) is 18.1 Å². The molecule has 1 atom stereocenters. The fourth-order valence-corrected chi connectivity index (χ4v) is 3.55. The van der Waals surface area contributed by atoms with Gasteiger partial charge in [-0.2, -0.15) is 0 Å². The predicted molar refractivity (Wildman–Crippen MR) is 71.1 cm³/mol. The molecule has 2 fully saturated rings. The van der Waals surface area contributed by atoms with Crippen LogP contribution in [0.3, 0.4) is 0 Å². The van der Waals surface area contributed by atoms with Crippen molar-refractivity contribution in [1.82, 2.24) is 4.98 Å². The Labute approximate surface area is 104 Å². The summed E-state index contributed by atoms with van der Waals surface area (Å²) >= 11 is 0. The first-order valence-corrected chi connectivity index (χ1v) is 6.85. The maximum atomic E-state index is 4.20. The van der Waals surface area contributed by atoms with Gasteiger partial charge in [0.25, 0.3) is 0 Å². The lowest BCUT2D eigenvalue weighted by Crippen LogP contribution is -2.64. The Kier molecular flexibility index (Phi) is 2.61. The molecule has 3 rings (SSSR count). The Morgan fingerprint density at radius 3 is 2.82 bits per heavy atom. The molecule has 1 aliphatic heterocycles. The van der Waals surface area contributed by atoms with E-state index in [1.165, 1.54) is 38.0 Å². The maximum absolute atomic E-state index is 4.20. The van der Waals surface area contributed by atoms with E-state index >= 15 is 0 Å². The fraction of sp³-hybridized carbons (Fsp3) is 0.667. The highest BCUT2D eigenvalue weighted by molar-refractivity contribution is 5.48. The van der Waals surface area contributed by atoms with Crippen molar-refractivity contribution < 1.29 is 0 Å². The second-order valence-electron chi connectivity index (χ2n) is 6.29. The van der Waals surface area contributed by atoms with E-state index in [4.69, 9.17) is 0 Å². The van der Waals surface area contributed by atoms with Gasteiger partial charge in [-0.1, -0.05) is 13.8 Å².